The first-order valence-corrected chi connectivity index (χ1v) is 5.96. The molecule has 0 atom stereocenters. The minimum Gasteiger partial charge on any atom is -0.331 e. The Kier molecular flexibility index (Phi) is 17.2. The van der Waals surface area contributed by atoms with Crippen molar-refractivity contribution >= 4 is 0 Å². The molecule has 0 bridgehead atoms. The van der Waals surface area contributed by atoms with Crippen LogP contribution in [0.25, 0.3) is 0 Å². The molecule has 0 aromatic carbocycles. The highest BCUT2D eigenvalue weighted by molar-refractivity contribution is 4.56. The zero-order valence-corrected chi connectivity index (χ0v) is 10.1. The molecule has 0 aliphatic rings. The first kappa shape index (κ1) is 15.4. The predicted molar refractivity (Wildman–Crippen MR) is 62.9 cm³/mol. The molecule has 0 rings (SSSR count). The first-order chi connectivity index (χ1) is 6.26. The zero-order chi connectivity index (χ0) is 10.5. The molecule has 2 N–H and O–H groups in total. The van der Waals surface area contributed by atoms with Gasteiger partial charge in [-0.25, -0.2) is 0 Å². The molecule has 0 unspecified atom stereocenters. The standard InChI is InChI=1S/C10H22.C2H7N/c1-4-7-10(8-5-2)9-6-3;1-2-3/h10H,4-9H2,1-3H3;2-3H2,1H3. The summed E-state index contributed by atoms with van der Waals surface area (Å²) in [6.07, 6.45) is 8.44. The van der Waals surface area contributed by atoms with Gasteiger partial charge >= 0.3 is 0 Å². The Labute approximate surface area is 85.1 Å². The molecule has 0 fully saturated rings. The van der Waals surface area contributed by atoms with Gasteiger partial charge in [0.1, 0.15) is 0 Å². The van der Waals surface area contributed by atoms with Crippen LogP contribution in [0.15, 0.2) is 0 Å². The summed E-state index contributed by atoms with van der Waals surface area (Å²) < 4.78 is 0. The molecule has 0 amide bonds. The molecule has 0 aliphatic heterocycles. The summed E-state index contributed by atoms with van der Waals surface area (Å²) in [7, 11) is 0. The fraction of sp³-hybridized carbons (Fsp3) is 1.00. The quantitative estimate of drug-likeness (QED) is 0.669. The minimum absolute atomic E-state index is 0.750. The van der Waals surface area contributed by atoms with Gasteiger partial charge in [0.25, 0.3) is 0 Å². The highest BCUT2D eigenvalue weighted by atomic mass is 14.5. The smallest absolute Gasteiger partial charge is 0.0106 e. The van der Waals surface area contributed by atoms with Gasteiger partial charge in [-0.15, -0.1) is 0 Å². The van der Waals surface area contributed by atoms with Crippen LogP contribution in [0.3, 0.4) is 0 Å². The minimum atomic E-state index is 0.750. The first-order valence-electron chi connectivity index (χ1n) is 5.96. The van der Waals surface area contributed by atoms with Gasteiger partial charge in [-0.2, -0.15) is 0 Å². The lowest BCUT2D eigenvalue weighted by Crippen LogP contribution is -1.98. The van der Waals surface area contributed by atoms with E-state index in [4.69, 9.17) is 5.73 Å². The summed E-state index contributed by atoms with van der Waals surface area (Å²) in [5.74, 6) is 1.03. The van der Waals surface area contributed by atoms with Crippen LogP contribution in [-0.4, -0.2) is 6.54 Å². The van der Waals surface area contributed by atoms with E-state index in [-0.39, 0.29) is 0 Å². The van der Waals surface area contributed by atoms with E-state index in [1.165, 1.54) is 38.5 Å². The lowest BCUT2D eigenvalue weighted by Gasteiger charge is -2.12. The van der Waals surface area contributed by atoms with Gasteiger partial charge in [0.15, 0.2) is 0 Å². The van der Waals surface area contributed by atoms with Gasteiger partial charge in [0.2, 0.25) is 0 Å². The third kappa shape index (κ3) is 14.8. The monoisotopic (exact) mass is 187 g/mol. The molecule has 0 saturated heterocycles. The summed E-state index contributed by atoms with van der Waals surface area (Å²) in [4.78, 5) is 0. The normalized spacial score (nSPS) is 9.69. The Morgan fingerprint density at radius 1 is 0.769 bits per heavy atom. The van der Waals surface area contributed by atoms with Crippen LogP contribution in [0.4, 0.5) is 0 Å². The molecule has 0 aliphatic carbocycles. The number of hydrogen-bond acceptors (Lipinski definition) is 1. The summed E-state index contributed by atoms with van der Waals surface area (Å²) in [6.45, 7) is 9.52. The summed E-state index contributed by atoms with van der Waals surface area (Å²) >= 11 is 0. The van der Waals surface area contributed by atoms with E-state index < -0.39 is 0 Å². The van der Waals surface area contributed by atoms with E-state index in [0.717, 1.165) is 12.5 Å². The van der Waals surface area contributed by atoms with Gasteiger partial charge in [-0.3, -0.25) is 0 Å². The van der Waals surface area contributed by atoms with Crippen LogP contribution < -0.4 is 5.73 Å². The van der Waals surface area contributed by atoms with Gasteiger partial charge in [0, 0.05) is 0 Å². The highest BCUT2D eigenvalue weighted by Crippen LogP contribution is 2.18. The second-order valence-corrected chi connectivity index (χ2v) is 3.64. The predicted octanol–water partition coefficient (Wildman–Crippen LogP) is 3.97. The Morgan fingerprint density at radius 3 is 1.15 bits per heavy atom. The lowest BCUT2D eigenvalue weighted by molar-refractivity contribution is 0.407. The fourth-order valence-electron chi connectivity index (χ4n) is 1.66. The molecule has 1 heteroatoms. The van der Waals surface area contributed by atoms with Crippen LogP contribution >= 0.6 is 0 Å². The number of nitrogens with two attached hydrogens (primary N) is 1. The van der Waals surface area contributed by atoms with E-state index in [2.05, 4.69) is 20.8 Å². The molecule has 0 heterocycles. The maximum Gasteiger partial charge on any atom is -0.0106 e. The van der Waals surface area contributed by atoms with Crippen molar-refractivity contribution in [1.29, 1.82) is 0 Å². The molecule has 0 aromatic rings. The van der Waals surface area contributed by atoms with Crippen molar-refractivity contribution < 1.29 is 0 Å². The SMILES string of the molecule is CCCC(CCC)CCC.CCN. The molecule has 0 aromatic heterocycles. The molecule has 0 radical (unpaired) electrons. The van der Waals surface area contributed by atoms with Crippen molar-refractivity contribution in [3.8, 4) is 0 Å². The average Bonchev–Trinajstić information content (AvgIpc) is 2.07. The van der Waals surface area contributed by atoms with Crippen LogP contribution in [0.1, 0.15) is 66.2 Å². The largest absolute Gasteiger partial charge is 0.331 e. The van der Waals surface area contributed by atoms with Crippen molar-refractivity contribution in [1.82, 2.24) is 0 Å². The Morgan fingerprint density at radius 2 is 1.00 bits per heavy atom. The Balaban J connectivity index is 0. The van der Waals surface area contributed by atoms with Crippen LogP contribution in [0.5, 0.6) is 0 Å². The van der Waals surface area contributed by atoms with Crippen molar-refractivity contribution in [2.24, 2.45) is 11.7 Å². The topological polar surface area (TPSA) is 26.0 Å². The van der Waals surface area contributed by atoms with E-state index in [1.54, 1.807) is 0 Å². The Hall–Kier alpha value is -0.0400. The van der Waals surface area contributed by atoms with Crippen molar-refractivity contribution in [3.63, 3.8) is 0 Å². The van der Waals surface area contributed by atoms with Crippen LogP contribution in [0, 0.1) is 5.92 Å². The summed E-state index contributed by atoms with van der Waals surface area (Å²) in [5, 5.41) is 0. The molecule has 1 nitrogen and oxygen atoms in total. The second kappa shape index (κ2) is 14.5. The van der Waals surface area contributed by atoms with Crippen molar-refractivity contribution in [2.75, 3.05) is 6.54 Å². The van der Waals surface area contributed by atoms with Gasteiger partial charge in [0.05, 0.1) is 0 Å². The maximum atomic E-state index is 4.85. The molecule has 0 saturated carbocycles. The van der Waals surface area contributed by atoms with E-state index in [0.29, 0.717) is 0 Å². The zero-order valence-electron chi connectivity index (χ0n) is 10.1. The summed E-state index contributed by atoms with van der Waals surface area (Å²) in [6, 6.07) is 0. The molecular weight excluding hydrogens is 158 g/mol. The summed E-state index contributed by atoms with van der Waals surface area (Å²) in [5.41, 5.74) is 4.85. The molecular formula is C12H29N. The highest BCUT2D eigenvalue weighted by Gasteiger charge is 2.03. The fourth-order valence-corrected chi connectivity index (χ4v) is 1.66. The van der Waals surface area contributed by atoms with E-state index in [1.807, 2.05) is 6.92 Å². The van der Waals surface area contributed by atoms with Gasteiger partial charge < -0.3 is 5.73 Å². The molecule has 82 valence electrons. The van der Waals surface area contributed by atoms with E-state index >= 15 is 0 Å². The van der Waals surface area contributed by atoms with Crippen LogP contribution in [-0.2, 0) is 0 Å². The number of rotatable bonds is 6. The Bertz CT molecular complexity index is 57.3. The van der Waals surface area contributed by atoms with Gasteiger partial charge in [-0.05, 0) is 12.5 Å². The van der Waals surface area contributed by atoms with Crippen molar-refractivity contribution in [2.45, 2.75) is 66.2 Å². The van der Waals surface area contributed by atoms with Crippen molar-refractivity contribution in [3.05, 3.63) is 0 Å². The number of hydrogen-bond donors (Lipinski definition) is 1. The lowest BCUT2D eigenvalue weighted by atomic mass is 9.94. The third-order valence-corrected chi connectivity index (χ3v) is 2.09. The maximum absolute atomic E-state index is 4.85. The third-order valence-electron chi connectivity index (χ3n) is 2.09. The van der Waals surface area contributed by atoms with Crippen LogP contribution in [0.2, 0.25) is 0 Å². The van der Waals surface area contributed by atoms with Gasteiger partial charge in [-0.1, -0.05) is 66.2 Å². The average molecular weight is 187 g/mol. The van der Waals surface area contributed by atoms with E-state index in [9.17, 15) is 0 Å². The molecule has 0 spiro atoms. The molecule has 13 heavy (non-hydrogen) atoms. The second-order valence-electron chi connectivity index (χ2n) is 3.64.